The van der Waals surface area contributed by atoms with Crippen LogP contribution in [0, 0.1) is 0 Å². The molecule has 5 aromatic carbocycles. The Kier molecular flexibility index (Phi) is 6.69. The van der Waals surface area contributed by atoms with Crippen LogP contribution in [0.1, 0.15) is 53.5 Å². The van der Waals surface area contributed by atoms with Crippen LogP contribution in [0.25, 0.3) is 62.4 Å². The quantitative estimate of drug-likeness (QED) is 0.206. The van der Waals surface area contributed by atoms with Crippen LogP contribution in [0.2, 0.25) is 5.28 Å². The largest absolute Gasteiger partial charge is 0.226 e. The average Bonchev–Trinajstić information content (AvgIpc) is 3.08. The van der Waals surface area contributed by atoms with Crippen molar-refractivity contribution in [1.29, 1.82) is 0 Å². The second-order valence-corrected chi connectivity index (χ2v) is 12.1. The molecular weight excluding hydrogens is 558 g/mol. The highest BCUT2D eigenvalue weighted by Gasteiger charge is 2.26. The number of benzene rings is 5. The Hall–Kier alpha value is -4.86. The predicted molar refractivity (Wildman–Crippen MR) is 183 cm³/mol. The van der Waals surface area contributed by atoms with E-state index >= 15 is 0 Å². The molecule has 0 bridgehead atoms. The van der Waals surface area contributed by atoms with Gasteiger partial charge in [0.2, 0.25) is 5.28 Å². The average molecular weight is 588 g/mol. The van der Waals surface area contributed by atoms with E-state index in [2.05, 4.69) is 102 Å². The highest BCUT2D eigenvalue weighted by molar-refractivity contribution is 6.28. The van der Waals surface area contributed by atoms with E-state index in [1.54, 1.807) is 0 Å². The first-order valence-electron chi connectivity index (χ1n) is 15.3. The summed E-state index contributed by atoms with van der Waals surface area (Å²) in [6.07, 6.45) is 10.3. The summed E-state index contributed by atoms with van der Waals surface area (Å²) in [6, 6.07) is 36.1. The molecule has 2 aliphatic carbocycles. The summed E-state index contributed by atoms with van der Waals surface area (Å²) >= 11 is 6.37. The van der Waals surface area contributed by atoms with Gasteiger partial charge in [0.1, 0.15) is 0 Å². The lowest BCUT2D eigenvalue weighted by atomic mass is 9.74. The Bertz CT molecular complexity index is 2130. The smallest absolute Gasteiger partial charge is 0.208 e. The zero-order chi connectivity index (χ0) is 29.6. The minimum Gasteiger partial charge on any atom is -0.208 e. The monoisotopic (exact) mass is 587 g/mol. The highest BCUT2D eigenvalue weighted by Crippen LogP contribution is 2.46. The summed E-state index contributed by atoms with van der Waals surface area (Å²) in [5.74, 6) is 1.57. The van der Waals surface area contributed by atoms with Gasteiger partial charge in [-0.05, 0) is 104 Å². The van der Waals surface area contributed by atoms with Crippen molar-refractivity contribution >= 4 is 40.1 Å². The van der Waals surface area contributed by atoms with Crippen LogP contribution in [0.4, 0.5) is 0 Å². The van der Waals surface area contributed by atoms with Crippen molar-refractivity contribution in [3.8, 4) is 33.9 Å². The van der Waals surface area contributed by atoms with Crippen LogP contribution < -0.4 is 0 Å². The molecule has 0 radical (unpaired) electrons. The molecular formula is C40H30ClN3. The van der Waals surface area contributed by atoms with Gasteiger partial charge in [0.25, 0.3) is 0 Å². The Labute approximate surface area is 262 Å². The lowest BCUT2D eigenvalue weighted by Crippen LogP contribution is -2.10. The van der Waals surface area contributed by atoms with E-state index in [0.717, 1.165) is 41.5 Å². The first-order valence-corrected chi connectivity index (χ1v) is 15.6. The number of aromatic nitrogens is 3. The first kappa shape index (κ1) is 26.7. The van der Waals surface area contributed by atoms with Gasteiger partial charge in [0.05, 0.1) is 0 Å². The number of nitrogens with zero attached hydrogens (tertiary/aromatic N) is 3. The van der Waals surface area contributed by atoms with E-state index in [9.17, 15) is 0 Å². The molecule has 0 aliphatic heterocycles. The van der Waals surface area contributed by atoms with Crippen molar-refractivity contribution in [3.05, 3.63) is 142 Å². The molecule has 1 unspecified atom stereocenters. The van der Waals surface area contributed by atoms with Gasteiger partial charge >= 0.3 is 0 Å². The maximum absolute atomic E-state index is 6.37. The normalized spacial score (nSPS) is 15.5. The molecule has 0 spiro atoms. The topological polar surface area (TPSA) is 38.7 Å². The molecule has 0 saturated heterocycles. The summed E-state index contributed by atoms with van der Waals surface area (Å²) in [5.41, 5.74) is 12.6. The third-order valence-corrected chi connectivity index (χ3v) is 9.13. The van der Waals surface area contributed by atoms with E-state index in [1.165, 1.54) is 44.2 Å². The van der Waals surface area contributed by atoms with Crippen molar-refractivity contribution in [2.45, 2.75) is 32.1 Å². The van der Waals surface area contributed by atoms with Crippen LogP contribution in [0.5, 0.6) is 0 Å². The minimum absolute atomic E-state index is 0.186. The highest BCUT2D eigenvalue weighted by atomic mass is 35.5. The second-order valence-electron chi connectivity index (χ2n) is 11.8. The predicted octanol–water partition coefficient (Wildman–Crippen LogP) is 10.7. The third-order valence-electron chi connectivity index (χ3n) is 8.96. The van der Waals surface area contributed by atoms with Gasteiger partial charge in [-0.2, -0.15) is 9.97 Å². The van der Waals surface area contributed by atoms with E-state index in [4.69, 9.17) is 16.6 Å². The van der Waals surface area contributed by atoms with Crippen molar-refractivity contribution in [2.24, 2.45) is 0 Å². The Balaban J connectivity index is 1.19. The maximum atomic E-state index is 6.37. The van der Waals surface area contributed by atoms with Crippen LogP contribution >= 0.6 is 11.6 Å². The number of rotatable bonds is 4. The molecule has 0 N–H and O–H groups in total. The molecule has 0 fully saturated rings. The van der Waals surface area contributed by atoms with Gasteiger partial charge in [0, 0.05) is 11.1 Å². The molecule has 1 atom stereocenters. The van der Waals surface area contributed by atoms with Gasteiger partial charge in [-0.1, -0.05) is 116 Å². The fourth-order valence-electron chi connectivity index (χ4n) is 6.95. The summed E-state index contributed by atoms with van der Waals surface area (Å²) in [6.45, 7) is 2.39. The maximum Gasteiger partial charge on any atom is 0.226 e. The molecule has 8 rings (SSSR count). The van der Waals surface area contributed by atoms with Crippen LogP contribution in [0.15, 0.2) is 109 Å². The van der Waals surface area contributed by atoms with Gasteiger partial charge in [-0.3, -0.25) is 0 Å². The third kappa shape index (κ3) is 4.74. The van der Waals surface area contributed by atoms with Gasteiger partial charge < -0.3 is 0 Å². The SMILES string of the molecule is CC1CC(c2cccc(-c3cccc(-c4nc(Cl)nc(-c5ccccc5)n4)c3)c2)=Cc2c3c(c4ccccc4c21)C=CCC3. The van der Waals surface area contributed by atoms with Crippen LogP contribution in [-0.2, 0) is 6.42 Å². The molecule has 2 aliphatic rings. The van der Waals surface area contributed by atoms with E-state index in [-0.39, 0.29) is 5.28 Å². The van der Waals surface area contributed by atoms with Crippen molar-refractivity contribution < 1.29 is 0 Å². The molecule has 1 heterocycles. The van der Waals surface area contributed by atoms with Crippen molar-refractivity contribution in [2.75, 3.05) is 0 Å². The Morgan fingerprint density at radius 2 is 1.27 bits per heavy atom. The number of fused-ring (bicyclic) bond motifs is 6. The lowest BCUT2D eigenvalue weighted by Gasteiger charge is -2.29. The Morgan fingerprint density at radius 3 is 2.07 bits per heavy atom. The molecule has 0 amide bonds. The van der Waals surface area contributed by atoms with Gasteiger partial charge in [-0.15, -0.1) is 0 Å². The summed E-state index contributed by atoms with van der Waals surface area (Å²) < 4.78 is 0. The second kappa shape index (κ2) is 11.0. The molecule has 1 aromatic heterocycles. The molecule has 6 aromatic rings. The van der Waals surface area contributed by atoms with Crippen molar-refractivity contribution in [3.63, 3.8) is 0 Å². The molecule has 212 valence electrons. The standard InChI is InChI=1S/C40H30ClN3/c1-25-21-31(24-36-34-19-6-5-17-32(34)33-18-7-8-20-35(33)37(25)36)29-15-9-13-27(22-29)28-14-10-16-30(23-28)39-42-38(43-40(41)44-39)26-11-3-2-4-12-26/h2-5,7-18,20,22-25H,6,19,21H2,1H3. The fourth-order valence-corrected chi connectivity index (χ4v) is 7.11. The zero-order valence-corrected chi connectivity index (χ0v) is 25.2. The van der Waals surface area contributed by atoms with E-state index < -0.39 is 0 Å². The lowest BCUT2D eigenvalue weighted by molar-refractivity contribution is 0.786. The van der Waals surface area contributed by atoms with Gasteiger partial charge in [0.15, 0.2) is 11.6 Å². The summed E-state index contributed by atoms with van der Waals surface area (Å²) in [4.78, 5) is 13.6. The zero-order valence-electron chi connectivity index (χ0n) is 24.5. The van der Waals surface area contributed by atoms with Crippen LogP contribution in [0.3, 0.4) is 0 Å². The molecule has 3 nitrogen and oxygen atoms in total. The van der Waals surface area contributed by atoms with Gasteiger partial charge in [-0.25, -0.2) is 4.98 Å². The molecule has 4 heteroatoms. The molecule has 0 saturated carbocycles. The number of halogens is 1. The van der Waals surface area contributed by atoms with E-state index in [1.807, 2.05) is 36.4 Å². The fraction of sp³-hybridized carbons (Fsp3) is 0.125. The summed E-state index contributed by atoms with van der Waals surface area (Å²) in [7, 11) is 0. The number of hydrogen-bond donors (Lipinski definition) is 0. The summed E-state index contributed by atoms with van der Waals surface area (Å²) in [5, 5.41) is 2.97. The van der Waals surface area contributed by atoms with E-state index in [0.29, 0.717) is 17.6 Å². The Morgan fingerprint density at radius 1 is 0.636 bits per heavy atom. The number of allylic oxidation sites excluding steroid dienone is 2. The van der Waals surface area contributed by atoms with Crippen molar-refractivity contribution in [1.82, 2.24) is 15.0 Å². The number of hydrogen-bond acceptors (Lipinski definition) is 3. The minimum atomic E-state index is 0.186. The van der Waals surface area contributed by atoms with Crippen LogP contribution in [-0.4, -0.2) is 15.0 Å². The molecule has 44 heavy (non-hydrogen) atoms. The first-order chi connectivity index (χ1) is 21.6.